The highest BCUT2D eigenvalue weighted by Gasteiger charge is 2.10. The molecule has 1 aromatic heterocycles. The Balaban J connectivity index is 2.03. The summed E-state index contributed by atoms with van der Waals surface area (Å²) in [6, 6.07) is 8.92. The number of rotatable bonds is 6. The molecule has 0 unspecified atom stereocenters. The van der Waals surface area contributed by atoms with Crippen molar-refractivity contribution in [1.82, 2.24) is 0 Å². The van der Waals surface area contributed by atoms with Gasteiger partial charge in [0.05, 0.1) is 18.7 Å². The van der Waals surface area contributed by atoms with E-state index in [1.54, 1.807) is 18.2 Å². The lowest BCUT2D eigenvalue weighted by molar-refractivity contribution is 0.102. The molecule has 0 aliphatic heterocycles. The number of furan rings is 1. The Bertz CT molecular complexity index is 578. The highest BCUT2D eigenvalue weighted by molar-refractivity contribution is 6.04. The Hall–Kier alpha value is -2.27. The van der Waals surface area contributed by atoms with Crippen LogP contribution in [-0.2, 0) is 6.54 Å². The van der Waals surface area contributed by atoms with Crippen molar-refractivity contribution in [2.75, 3.05) is 11.9 Å². The number of anilines is 1. The van der Waals surface area contributed by atoms with Gasteiger partial charge in [-0.3, -0.25) is 4.79 Å². The zero-order valence-corrected chi connectivity index (χ0v) is 11.4. The van der Waals surface area contributed by atoms with Crippen molar-refractivity contribution in [2.45, 2.75) is 19.9 Å². The normalized spacial score (nSPS) is 10.3. The molecular formula is C15H18N2O3. The lowest BCUT2D eigenvalue weighted by Crippen LogP contribution is -2.11. The number of hydrogen-bond acceptors (Lipinski definition) is 4. The number of benzene rings is 1. The number of ether oxygens (including phenoxy) is 1. The van der Waals surface area contributed by atoms with Crippen LogP contribution < -0.4 is 15.8 Å². The van der Waals surface area contributed by atoms with Crippen LogP contribution in [0.5, 0.6) is 5.75 Å². The van der Waals surface area contributed by atoms with Gasteiger partial charge in [0.25, 0.3) is 5.91 Å². The van der Waals surface area contributed by atoms with Crippen LogP contribution >= 0.6 is 0 Å². The summed E-state index contributed by atoms with van der Waals surface area (Å²) in [4.78, 5) is 12.0. The number of amides is 1. The highest BCUT2D eigenvalue weighted by atomic mass is 16.5. The molecule has 106 valence electrons. The van der Waals surface area contributed by atoms with Gasteiger partial charge in [-0.05, 0) is 24.6 Å². The van der Waals surface area contributed by atoms with E-state index >= 15 is 0 Å². The van der Waals surface area contributed by atoms with Gasteiger partial charge in [0.1, 0.15) is 17.8 Å². The van der Waals surface area contributed by atoms with Crippen molar-refractivity contribution < 1.29 is 13.9 Å². The van der Waals surface area contributed by atoms with Crippen molar-refractivity contribution in [3.05, 3.63) is 47.9 Å². The molecule has 0 spiro atoms. The third kappa shape index (κ3) is 3.61. The minimum absolute atomic E-state index is 0.235. The van der Waals surface area contributed by atoms with E-state index in [0.717, 1.165) is 12.2 Å². The van der Waals surface area contributed by atoms with Crippen LogP contribution in [0.2, 0.25) is 0 Å². The first kappa shape index (κ1) is 14.1. The van der Waals surface area contributed by atoms with Crippen LogP contribution in [0.1, 0.15) is 29.5 Å². The molecule has 0 saturated heterocycles. The predicted octanol–water partition coefficient (Wildman–Crippen LogP) is 2.78. The SMILES string of the molecule is CCCOc1cccc(NC(=O)c2coc(CN)c2)c1. The van der Waals surface area contributed by atoms with Gasteiger partial charge < -0.3 is 20.2 Å². The first-order chi connectivity index (χ1) is 9.72. The Morgan fingerprint density at radius 1 is 1.40 bits per heavy atom. The van der Waals surface area contributed by atoms with E-state index in [1.807, 2.05) is 19.1 Å². The standard InChI is InChI=1S/C15H18N2O3/c1-2-6-19-13-5-3-4-12(8-13)17-15(18)11-7-14(9-16)20-10-11/h3-5,7-8,10H,2,6,9,16H2,1H3,(H,17,18). The van der Waals surface area contributed by atoms with Crippen LogP contribution in [-0.4, -0.2) is 12.5 Å². The maximum absolute atomic E-state index is 12.0. The molecule has 0 bridgehead atoms. The summed E-state index contributed by atoms with van der Waals surface area (Å²) in [7, 11) is 0. The minimum atomic E-state index is -0.235. The summed E-state index contributed by atoms with van der Waals surface area (Å²) >= 11 is 0. The topological polar surface area (TPSA) is 77.5 Å². The molecule has 0 saturated carbocycles. The van der Waals surface area contributed by atoms with E-state index < -0.39 is 0 Å². The van der Waals surface area contributed by atoms with Gasteiger partial charge >= 0.3 is 0 Å². The third-order valence-electron chi connectivity index (χ3n) is 2.68. The van der Waals surface area contributed by atoms with Gasteiger partial charge in [0.2, 0.25) is 0 Å². The number of nitrogens with two attached hydrogens (primary N) is 1. The fourth-order valence-electron chi connectivity index (χ4n) is 1.69. The average Bonchev–Trinajstić information content (AvgIpc) is 2.94. The maximum Gasteiger partial charge on any atom is 0.258 e. The molecule has 1 amide bonds. The highest BCUT2D eigenvalue weighted by Crippen LogP contribution is 2.18. The second kappa shape index (κ2) is 6.77. The van der Waals surface area contributed by atoms with Gasteiger partial charge in [0, 0.05) is 11.8 Å². The summed E-state index contributed by atoms with van der Waals surface area (Å²) in [6.45, 7) is 2.96. The quantitative estimate of drug-likeness (QED) is 0.849. The lowest BCUT2D eigenvalue weighted by Gasteiger charge is -2.07. The van der Waals surface area contributed by atoms with Crippen molar-refractivity contribution in [3.8, 4) is 5.75 Å². The number of carbonyl (C=O) groups is 1. The van der Waals surface area contributed by atoms with Gasteiger partial charge in [-0.25, -0.2) is 0 Å². The van der Waals surface area contributed by atoms with Gasteiger partial charge in [-0.2, -0.15) is 0 Å². The fraction of sp³-hybridized carbons (Fsp3) is 0.267. The summed E-state index contributed by atoms with van der Waals surface area (Å²) in [5.74, 6) is 1.08. The monoisotopic (exact) mass is 274 g/mol. The average molecular weight is 274 g/mol. The second-order valence-electron chi connectivity index (χ2n) is 4.34. The first-order valence-corrected chi connectivity index (χ1v) is 6.54. The van der Waals surface area contributed by atoms with Gasteiger partial charge in [-0.1, -0.05) is 13.0 Å². The predicted molar refractivity (Wildman–Crippen MR) is 76.8 cm³/mol. The van der Waals surface area contributed by atoms with E-state index in [2.05, 4.69) is 5.32 Å². The number of nitrogens with one attached hydrogen (secondary N) is 1. The largest absolute Gasteiger partial charge is 0.494 e. The molecule has 0 atom stereocenters. The van der Waals surface area contributed by atoms with E-state index in [-0.39, 0.29) is 12.5 Å². The number of hydrogen-bond donors (Lipinski definition) is 2. The van der Waals surface area contributed by atoms with Crippen LogP contribution in [0.25, 0.3) is 0 Å². The molecule has 20 heavy (non-hydrogen) atoms. The van der Waals surface area contributed by atoms with Crippen molar-refractivity contribution in [2.24, 2.45) is 5.73 Å². The molecule has 0 aliphatic carbocycles. The maximum atomic E-state index is 12.0. The van der Waals surface area contributed by atoms with Gasteiger partial charge in [-0.15, -0.1) is 0 Å². The Morgan fingerprint density at radius 2 is 2.25 bits per heavy atom. The second-order valence-corrected chi connectivity index (χ2v) is 4.34. The fourth-order valence-corrected chi connectivity index (χ4v) is 1.69. The summed E-state index contributed by atoms with van der Waals surface area (Å²) in [6.07, 6.45) is 2.34. The Labute approximate surface area is 117 Å². The molecule has 1 heterocycles. The zero-order chi connectivity index (χ0) is 14.4. The number of carbonyl (C=O) groups excluding carboxylic acids is 1. The van der Waals surface area contributed by atoms with E-state index in [4.69, 9.17) is 14.9 Å². The Morgan fingerprint density at radius 3 is 2.95 bits per heavy atom. The molecule has 2 rings (SSSR count). The van der Waals surface area contributed by atoms with Crippen LogP contribution in [0.4, 0.5) is 5.69 Å². The van der Waals surface area contributed by atoms with Crippen molar-refractivity contribution in [1.29, 1.82) is 0 Å². The molecule has 0 aliphatic rings. The van der Waals surface area contributed by atoms with Crippen molar-refractivity contribution >= 4 is 11.6 Å². The van der Waals surface area contributed by atoms with E-state index in [1.165, 1.54) is 6.26 Å². The van der Waals surface area contributed by atoms with E-state index in [9.17, 15) is 4.79 Å². The first-order valence-electron chi connectivity index (χ1n) is 6.54. The molecule has 5 heteroatoms. The molecular weight excluding hydrogens is 256 g/mol. The lowest BCUT2D eigenvalue weighted by atomic mass is 10.2. The molecule has 0 radical (unpaired) electrons. The van der Waals surface area contributed by atoms with Crippen LogP contribution in [0.3, 0.4) is 0 Å². The Kier molecular flexibility index (Phi) is 4.79. The van der Waals surface area contributed by atoms with E-state index in [0.29, 0.717) is 23.6 Å². The third-order valence-corrected chi connectivity index (χ3v) is 2.68. The van der Waals surface area contributed by atoms with Gasteiger partial charge in [0.15, 0.2) is 0 Å². The van der Waals surface area contributed by atoms with Crippen LogP contribution in [0.15, 0.2) is 41.0 Å². The molecule has 1 aromatic carbocycles. The molecule has 3 N–H and O–H groups in total. The zero-order valence-electron chi connectivity index (χ0n) is 11.4. The molecule has 5 nitrogen and oxygen atoms in total. The summed E-state index contributed by atoms with van der Waals surface area (Å²) < 4.78 is 10.7. The molecule has 0 fully saturated rings. The summed E-state index contributed by atoms with van der Waals surface area (Å²) in [5, 5.41) is 2.79. The minimum Gasteiger partial charge on any atom is -0.494 e. The van der Waals surface area contributed by atoms with Crippen LogP contribution in [0, 0.1) is 0 Å². The smallest absolute Gasteiger partial charge is 0.258 e. The molecule has 2 aromatic rings. The van der Waals surface area contributed by atoms with Crippen molar-refractivity contribution in [3.63, 3.8) is 0 Å². The summed E-state index contributed by atoms with van der Waals surface area (Å²) in [5.41, 5.74) is 6.57.